The molecule has 0 bridgehead atoms. The molecule has 0 unspecified atom stereocenters. The second-order valence-electron chi connectivity index (χ2n) is 6.04. The maximum atomic E-state index is 2.33. The zero-order valence-corrected chi connectivity index (χ0v) is 18.1. The molecule has 0 heterocycles. The molecule has 0 saturated heterocycles. The van der Waals surface area contributed by atoms with Crippen LogP contribution in [0.25, 0.3) is 0 Å². The summed E-state index contributed by atoms with van der Waals surface area (Å²) in [6.45, 7) is 4.65. The van der Waals surface area contributed by atoms with Gasteiger partial charge in [0.1, 0.15) is 0 Å². The zero-order valence-electron chi connectivity index (χ0n) is 15.1. The molecule has 0 fully saturated rings. The zero-order chi connectivity index (χ0) is 15.8. The van der Waals surface area contributed by atoms with Crippen LogP contribution in [-0.2, 0) is 0 Å². The Morgan fingerprint density at radius 3 is 1.21 bits per heavy atom. The summed E-state index contributed by atoms with van der Waals surface area (Å²) in [4.78, 5) is 4.27. The molecule has 0 atom stereocenters. The van der Waals surface area contributed by atoms with Crippen LogP contribution < -0.4 is 0 Å². The summed E-state index contributed by atoms with van der Waals surface area (Å²) in [6.07, 6.45) is 2.27. The molecule has 0 rings (SSSR count). The summed E-state index contributed by atoms with van der Waals surface area (Å²) < 4.78 is 4.65. The quantitative estimate of drug-likeness (QED) is 0.688. The molecule has 0 spiro atoms. The van der Waals surface area contributed by atoms with Gasteiger partial charge in [-0.25, -0.2) is 0 Å². The maximum Gasteiger partial charge on any atom is 0.199 e. The second kappa shape index (κ2) is 9.57. The lowest BCUT2D eigenvalue weighted by molar-refractivity contribution is 0.342. The van der Waals surface area contributed by atoms with Crippen LogP contribution in [0, 0.1) is 0 Å². The molecule has 0 aromatic heterocycles. The minimum atomic E-state index is -1.19. The van der Waals surface area contributed by atoms with Gasteiger partial charge in [0.25, 0.3) is 0 Å². The van der Waals surface area contributed by atoms with E-state index in [1.165, 1.54) is 22.1 Å². The van der Waals surface area contributed by atoms with E-state index in [9.17, 15) is 0 Å². The summed E-state index contributed by atoms with van der Waals surface area (Å²) in [6, 6.07) is 1.23. The maximum absolute atomic E-state index is 2.33. The third kappa shape index (κ3) is 8.46. The van der Waals surface area contributed by atoms with Crippen LogP contribution in [0.1, 0.15) is 0 Å². The van der Waals surface area contributed by atoms with Crippen molar-refractivity contribution in [2.24, 2.45) is 0 Å². The fraction of sp³-hybridized carbons (Fsp3) is 0.846. The SMILES string of the molecule is CN(C)C(=CC[SiH3])N(C)C.CN(C)[Si](C)(C)N(C)C. The van der Waals surface area contributed by atoms with Crippen molar-refractivity contribution < 1.29 is 0 Å². The van der Waals surface area contributed by atoms with Crippen LogP contribution in [0.2, 0.25) is 19.1 Å². The molecule has 6 heteroatoms. The van der Waals surface area contributed by atoms with Crippen molar-refractivity contribution >= 4 is 18.6 Å². The topological polar surface area (TPSA) is 13.0 Å². The molecule has 0 saturated carbocycles. The summed E-state index contributed by atoms with van der Waals surface area (Å²) in [5.41, 5.74) is 0. The normalized spacial score (nSPS) is 11.2. The van der Waals surface area contributed by atoms with Crippen LogP contribution >= 0.6 is 0 Å². The lowest BCUT2D eigenvalue weighted by Gasteiger charge is -2.35. The molecule has 19 heavy (non-hydrogen) atoms. The van der Waals surface area contributed by atoms with Crippen molar-refractivity contribution in [2.45, 2.75) is 19.1 Å². The van der Waals surface area contributed by atoms with E-state index in [4.69, 9.17) is 0 Å². The van der Waals surface area contributed by atoms with Gasteiger partial charge in [-0.2, -0.15) is 0 Å². The fourth-order valence-electron chi connectivity index (χ4n) is 1.35. The minimum Gasteiger partial charge on any atom is -0.365 e. The molecule has 0 aromatic carbocycles. The molecule has 116 valence electrons. The Morgan fingerprint density at radius 1 is 0.842 bits per heavy atom. The van der Waals surface area contributed by atoms with Crippen molar-refractivity contribution in [2.75, 3.05) is 56.4 Å². The smallest absolute Gasteiger partial charge is 0.199 e. The third-order valence-electron chi connectivity index (χ3n) is 3.49. The summed E-state index contributed by atoms with van der Waals surface area (Å²) in [5.74, 6) is 1.30. The van der Waals surface area contributed by atoms with Crippen molar-refractivity contribution in [3.05, 3.63) is 11.9 Å². The van der Waals surface area contributed by atoms with E-state index < -0.39 is 8.40 Å². The molecular formula is C13H36N4Si2. The molecule has 0 aliphatic heterocycles. The van der Waals surface area contributed by atoms with Gasteiger partial charge in [0.15, 0.2) is 8.40 Å². The highest BCUT2D eigenvalue weighted by Crippen LogP contribution is 2.06. The average molecular weight is 305 g/mol. The first-order chi connectivity index (χ1) is 8.48. The van der Waals surface area contributed by atoms with Gasteiger partial charge < -0.3 is 18.9 Å². The first-order valence-electron chi connectivity index (χ1n) is 6.88. The Bertz CT molecular complexity index is 241. The first-order valence-corrected chi connectivity index (χ1v) is 11.2. The Labute approximate surface area is 125 Å². The summed E-state index contributed by atoms with van der Waals surface area (Å²) in [5, 5.41) is 0. The van der Waals surface area contributed by atoms with Gasteiger partial charge in [-0.3, -0.25) is 0 Å². The number of hydrogen-bond acceptors (Lipinski definition) is 4. The van der Waals surface area contributed by atoms with Gasteiger partial charge >= 0.3 is 0 Å². The Hall–Kier alpha value is -0.306. The Balaban J connectivity index is 0. The van der Waals surface area contributed by atoms with Gasteiger partial charge in [0.05, 0.1) is 5.82 Å². The largest absolute Gasteiger partial charge is 0.365 e. The Kier molecular flexibility index (Phi) is 10.6. The predicted molar refractivity (Wildman–Crippen MR) is 95.1 cm³/mol. The molecular weight excluding hydrogens is 268 g/mol. The highest BCUT2D eigenvalue weighted by Gasteiger charge is 2.26. The molecule has 0 aromatic rings. The van der Waals surface area contributed by atoms with Gasteiger partial charge in [0.2, 0.25) is 0 Å². The number of allylic oxidation sites excluding steroid dienone is 1. The predicted octanol–water partition coefficient (Wildman–Crippen LogP) is 0.546. The first kappa shape index (κ1) is 21.0. The van der Waals surface area contributed by atoms with Gasteiger partial charge in [0, 0.05) is 38.4 Å². The molecule has 0 aliphatic carbocycles. The average Bonchev–Trinajstić information content (AvgIpc) is 2.25. The van der Waals surface area contributed by atoms with Crippen molar-refractivity contribution in [3.8, 4) is 0 Å². The van der Waals surface area contributed by atoms with E-state index in [1.54, 1.807) is 0 Å². The lowest BCUT2D eigenvalue weighted by Crippen LogP contribution is -2.55. The van der Waals surface area contributed by atoms with Gasteiger partial charge in [-0.05, 0) is 53.4 Å². The van der Waals surface area contributed by atoms with Crippen LogP contribution in [-0.4, -0.2) is 94.0 Å². The summed E-state index contributed by atoms with van der Waals surface area (Å²) >= 11 is 0. The Morgan fingerprint density at radius 2 is 1.16 bits per heavy atom. The molecule has 0 N–H and O–H groups in total. The highest BCUT2D eigenvalue weighted by atomic mass is 28.3. The van der Waals surface area contributed by atoms with Crippen LogP contribution in [0.15, 0.2) is 11.9 Å². The molecule has 4 nitrogen and oxygen atoms in total. The van der Waals surface area contributed by atoms with Crippen molar-refractivity contribution in [1.82, 2.24) is 18.9 Å². The van der Waals surface area contributed by atoms with E-state index in [-0.39, 0.29) is 0 Å². The molecule has 0 amide bonds. The number of hydrogen-bond donors (Lipinski definition) is 0. The van der Waals surface area contributed by atoms with Crippen molar-refractivity contribution in [3.63, 3.8) is 0 Å². The second-order valence-corrected chi connectivity index (χ2v) is 11.6. The number of nitrogens with zero attached hydrogens (tertiary/aromatic N) is 4. The third-order valence-corrected chi connectivity index (χ3v) is 8.28. The van der Waals surface area contributed by atoms with E-state index in [1.807, 2.05) is 0 Å². The van der Waals surface area contributed by atoms with E-state index >= 15 is 0 Å². The fourth-order valence-corrected chi connectivity index (χ4v) is 2.51. The van der Waals surface area contributed by atoms with Gasteiger partial charge in [-0.15, -0.1) is 0 Å². The van der Waals surface area contributed by atoms with Crippen LogP contribution in [0.4, 0.5) is 0 Å². The monoisotopic (exact) mass is 304 g/mol. The van der Waals surface area contributed by atoms with Crippen molar-refractivity contribution in [1.29, 1.82) is 0 Å². The van der Waals surface area contributed by atoms with E-state index in [0.29, 0.717) is 0 Å². The lowest BCUT2D eigenvalue weighted by atomic mass is 10.5. The summed E-state index contributed by atoms with van der Waals surface area (Å²) in [7, 11) is 16.9. The van der Waals surface area contributed by atoms with Gasteiger partial charge in [-0.1, -0.05) is 0 Å². The van der Waals surface area contributed by atoms with Crippen LogP contribution in [0.5, 0.6) is 0 Å². The minimum absolute atomic E-state index is 1.19. The number of rotatable bonds is 5. The molecule has 0 aliphatic rings. The standard InChI is InChI=1S/C7H18N2Si.C6H18N2Si/c1-8(2)7(5-6-10)9(3)4;1-7(2)9(5,6)8(3)4/h5H,6H2,1-4,10H3;1-6H3. The highest BCUT2D eigenvalue weighted by molar-refractivity contribution is 6.71. The van der Waals surface area contributed by atoms with Crippen LogP contribution in [0.3, 0.4) is 0 Å². The molecule has 0 radical (unpaired) electrons. The van der Waals surface area contributed by atoms with E-state index in [2.05, 4.69) is 94.5 Å². The van der Waals surface area contributed by atoms with E-state index in [0.717, 1.165) is 0 Å².